The van der Waals surface area contributed by atoms with Crippen molar-refractivity contribution < 1.29 is 9.53 Å². The zero-order chi connectivity index (χ0) is 15.9. The van der Waals surface area contributed by atoms with E-state index in [4.69, 9.17) is 10.00 Å². The summed E-state index contributed by atoms with van der Waals surface area (Å²) in [5.41, 5.74) is 4.64. The monoisotopic (exact) mass is 300 g/mol. The van der Waals surface area contributed by atoms with E-state index in [1.165, 1.54) is 0 Å². The number of carbonyl (C=O) groups excluding carboxylic acids is 1. The Bertz CT molecular complexity index is 586. The number of carbonyl (C=O) groups is 1. The van der Waals surface area contributed by atoms with E-state index < -0.39 is 14.3 Å². The number of rotatable bonds is 4. The molecule has 5 heteroatoms. The Morgan fingerprint density at radius 3 is 2.43 bits per heavy atom. The Hall–Kier alpha value is -2.08. The van der Waals surface area contributed by atoms with E-state index in [-0.39, 0.29) is 5.91 Å². The lowest BCUT2D eigenvalue weighted by Gasteiger charge is -2.11. The van der Waals surface area contributed by atoms with Crippen LogP contribution in [0.1, 0.15) is 22.8 Å². The van der Waals surface area contributed by atoms with Crippen molar-refractivity contribution in [2.75, 3.05) is 6.61 Å². The first-order valence-corrected chi connectivity index (χ1v) is 10.3. The molecule has 4 nitrogen and oxygen atoms in total. The van der Waals surface area contributed by atoms with Crippen LogP contribution in [0.3, 0.4) is 0 Å². The van der Waals surface area contributed by atoms with Gasteiger partial charge in [0.25, 0.3) is 5.91 Å². The van der Waals surface area contributed by atoms with Gasteiger partial charge in [-0.05, 0) is 31.2 Å². The van der Waals surface area contributed by atoms with Crippen molar-refractivity contribution in [1.82, 2.24) is 5.32 Å². The summed E-state index contributed by atoms with van der Waals surface area (Å²) in [7, 11) is -1.40. The molecular weight excluding hydrogens is 280 g/mol. The van der Waals surface area contributed by atoms with Gasteiger partial charge in [-0.25, -0.2) is 0 Å². The number of hydrogen-bond acceptors (Lipinski definition) is 3. The minimum Gasteiger partial charge on any atom is -0.346 e. The first-order chi connectivity index (χ1) is 9.85. The SMILES string of the molecule is CCOC(C#N)NC(=O)c1ccc(C#C[Si](C)(C)C)cc1. The van der Waals surface area contributed by atoms with E-state index in [9.17, 15) is 4.79 Å². The van der Waals surface area contributed by atoms with Crippen LogP contribution in [0.5, 0.6) is 0 Å². The van der Waals surface area contributed by atoms with E-state index in [1.807, 2.05) is 18.2 Å². The van der Waals surface area contributed by atoms with Crippen molar-refractivity contribution in [3.63, 3.8) is 0 Å². The molecule has 0 aliphatic carbocycles. The Morgan fingerprint density at radius 1 is 1.33 bits per heavy atom. The average molecular weight is 300 g/mol. The van der Waals surface area contributed by atoms with Crippen LogP contribution >= 0.6 is 0 Å². The van der Waals surface area contributed by atoms with Crippen molar-refractivity contribution in [2.45, 2.75) is 32.8 Å². The van der Waals surface area contributed by atoms with E-state index in [2.05, 4.69) is 36.4 Å². The molecule has 110 valence electrons. The lowest BCUT2D eigenvalue weighted by atomic mass is 10.1. The van der Waals surface area contributed by atoms with E-state index in [0.29, 0.717) is 12.2 Å². The number of hydrogen-bond donors (Lipinski definition) is 1. The summed E-state index contributed by atoms with van der Waals surface area (Å²) in [5.74, 6) is 2.79. The molecule has 1 amide bonds. The van der Waals surface area contributed by atoms with Crippen molar-refractivity contribution in [2.24, 2.45) is 0 Å². The van der Waals surface area contributed by atoms with Crippen LogP contribution in [0.15, 0.2) is 24.3 Å². The van der Waals surface area contributed by atoms with Gasteiger partial charge in [-0.2, -0.15) is 5.26 Å². The van der Waals surface area contributed by atoms with Gasteiger partial charge in [-0.3, -0.25) is 4.79 Å². The van der Waals surface area contributed by atoms with Crippen molar-refractivity contribution in [1.29, 1.82) is 5.26 Å². The van der Waals surface area contributed by atoms with E-state index in [0.717, 1.165) is 5.56 Å². The summed E-state index contributed by atoms with van der Waals surface area (Å²) in [6.45, 7) is 8.67. The van der Waals surface area contributed by atoms with Crippen LogP contribution in [0.25, 0.3) is 0 Å². The lowest BCUT2D eigenvalue weighted by Crippen LogP contribution is -2.35. The van der Waals surface area contributed by atoms with Gasteiger partial charge in [0.1, 0.15) is 14.1 Å². The predicted molar refractivity (Wildman–Crippen MR) is 85.2 cm³/mol. The van der Waals surface area contributed by atoms with Gasteiger partial charge in [-0.15, -0.1) is 5.54 Å². The van der Waals surface area contributed by atoms with Crippen LogP contribution in [0.2, 0.25) is 19.6 Å². The number of nitriles is 1. The van der Waals surface area contributed by atoms with Crippen LogP contribution < -0.4 is 5.32 Å². The van der Waals surface area contributed by atoms with Crippen molar-refractivity contribution >= 4 is 14.0 Å². The summed E-state index contributed by atoms with van der Waals surface area (Å²) >= 11 is 0. The zero-order valence-electron chi connectivity index (χ0n) is 12.9. The highest BCUT2D eigenvalue weighted by Crippen LogP contribution is 2.05. The van der Waals surface area contributed by atoms with Gasteiger partial charge in [0, 0.05) is 17.7 Å². The molecule has 0 bridgehead atoms. The van der Waals surface area contributed by atoms with Gasteiger partial charge >= 0.3 is 0 Å². The van der Waals surface area contributed by atoms with Gasteiger partial charge in [-0.1, -0.05) is 25.6 Å². The fraction of sp³-hybridized carbons (Fsp3) is 0.375. The Kier molecular flexibility index (Phi) is 6.17. The molecule has 1 unspecified atom stereocenters. The smallest absolute Gasteiger partial charge is 0.254 e. The maximum Gasteiger partial charge on any atom is 0.254 e. The maximum absolute atomic E-state index is 11.9. The second kappa shape index (κ2) is 7.63. The first kappa shape index (κ1) is 17.0. The predicted octanol–water partition coefficient (Wildman–Crippen LogP) is 2.53. The molecular formula is C16H20N2O2Si. The normalized spacial score (nSPS) is 11.8. The van der Waals surface area contributed by atoms with Crippen molar-refractivity contribution in [3.05, 3.63) is 35.4 Å². The van der Waals surface area contributed by atoms with Crippen molar-refractivity contribution in [3.8, 4) is 17.5 Å². The zero-order valence-corrected chi connectivity index (χ0v) is 13.9. The molecule has 0 radical (unpaired) electrons. The minimum absolute atomic E-state index is 0.334. The van der Waals surface area contributed by atoms with Gasteiger partial charge in [0.05, 0.1) is 0 Å². The van der Waals surface area contributed by atoms with Crippen LogP contribution in [-0.2, 0) is 4.74 Å². The highest BCUT2D eigenvalue weighted by molar-refractivity contribution is 6.83. The molecule has 1 atom stereocenters. The molecule has 0 saturated heterocycles. The molecule has 0 spiro atoms. The molecule has 0 saturated carbocycles. The third-order valence-electron chi connectivity index (χ3n) is 2.44. The molecule has 1 aromatic rings. The third kappa shape index (κ3) is 6.27. The van der Waals surface area contributed by atoms with Gasteiger partial charge in [0.2, 0.25) is 6.23 Å². The molecule has 0 aliphatic heterocycles. The van der Waals surface area contributed by atoms with Gasteiger partial charge in [0.15, 0.2) is 0 Å². The second-order valence-electron chi connectivity index (χ2n) is 5.52. The van der Waals surface area contributed by atoms with E-state index in [1.54, 1.807) is 19.1 Å². The number of benzene rings is 1. The summed E-state index contributed by atoms with van der Waals surface area (Å²) in [4.78, 5) is 11.9. The maximum atomic E-state index is 11.9. The van der Waals surface area contributed by atoms with E-state index >= 15 is 0 Å². The third-order valence-corrected chi connectivity index (χ3v) is 3.32. The quantitative estimate of drug-likeness (QED) is 0.528. The molecule has 1 rings (SSSR count). The first-order valence-electron chi connectivity index (χ1n) is 6.81. The number of nitrogens with zero attached hydrogens (tertiary/aromatic N) is 1. The minimum atomic E-state index is -1.40. The summed E-state index contributed by atoms with van der Waals surface area (Å²) in [6.07, 6.45) is -0.922. The fourth-order valence-electron chi connectivity index (χ4n) is 1.44. The highest BCUT2D eigenvalue weighted by Gasteiger charge is 2.12. The molecule has 0 heterocycles. The molecule has 0 aliphatic rings. The Morgan fingerprint density at radius 2 is 1.95 bits per heavy atom. The molecule has 0 fully saturated rings. The number of ether oxygens (including phenoxy) is 1. The Balaban J connectivity index is 2.76. The molecule has 21 heavy (non-hydrogen) atoms. The van der Waals surface area contributed by atoms with Crippen LogP contribution in [-0.4, -0.2) is 26.8 Å². The lowest BCUT2D eigenvalue weighted by molar-refractivity contribution is 0.0615. The summed E-state index contributed by atoms with van der Waals surface area (Å²) in [6, 6.07) is 8.90. The average Bonchev–Trinajstić information content (AvgIpc) is 2.44. The second-order valence-corrected chi connectivity index (χ2v) is 10.3. The fourth-order valence-corrected chi connectivity index (χ4v) is 1.96. The largest absolute Gasteiger partial charge is 0.346 e. The highest BCUT2D eigenvalue weighted by atomic mass is 28.3. The summed E-state index contributed by atoms with van der Waals surface area (Å²) < 4.78 is 5.07. The Labute approximate surface area is 127 Å². The number of nitrogens with one attached hydrogen (secondary N) is 1. The standard InChI is InChI=1S/C16H20N2O2Si/c1-5-20-15(12-17)18-16(19)14-8-6-13(7-9-14)10-11-21(2,3)4/h6-9,15H,5H2,1-4H3,(H,18,19). The molecule has 1 aromatic carbocycles. The van der Waals surface area contributed by atoms with Gasteiger partial charge < -0.3 is 10.1 Å². The number of amides is 1. The molecule has 0 aromatic heterocycles. The van der Waals surface area contributed by atoms with Crippen LogP contribution in [0.4, 0.5) is 0 Å². The summed E-state index contributed by atoms with van der Waals surface area (Å²) in [5, 5.41) is 11.3. The van der Waals surface area contributed by atoms with Crippen LogP contribution in [0, 0.1) is 22.8 Å². The topological polar surface area (TPSA) is 62.1 Å². The molecule has 1 N–H and O–H groups in total.